The summed E-state index contributed by atoms with van der Waals surface area (Å²) in [5.74, 6) is -0.0782. The first-order valence-electron chi connectivity index (χ1n) is 8.13. The van der Waals surface area contributed by atoms with Crippen LogP contribution in [0.1, 0.15) is 49.7 Å². The number of rotatable bonds is 6. The fourth-order valence-corrected chi connectivity index (χ4v) is 2.33. The molecule has 0 aliphatic carbocycles. The van der Waals surface area contributed by atoms with Gasteiger partial charge in [-0.05, 0) is 41.7 Å². The first kappa shape index (κ1) is 17.8. The SMILES string of the molecule is CC(C)c1ccc(NC(=O)[C@@H](NC(=O)c2ccco2)C(C)C)cc1. The van der Waals surface area contributed by atoms with Crippen molar-refractivity contribution in [2.24, 2.45) is 5.92 Å². The molecule has 0 bridgehead atoms. The Labute approximate surface area is 142 Å². The first-order valence-corrected chi connectivity index (χ1v) is 8.13. The maximum atomic E-state index is 12.5. The number of hydrogen-bond acceptors (Lipinski definition) is 3. The Bertz CT molecular complexity index is 673. The Hall–Kier alpha value is -2.56. The minimum atomic E-state index is -0.646. The van der Waals surface area contributed by atoms with Gasteiger partial charge in [-0.3, -0.25) is 9.59 Å². The van der Waals surface area contributed by atoms with Crippen LogP contribution in [0.3, 0.4) is 0 Å². The molecular formula is C19H24N2O3. The molecule has 1 heterocycles. The van der Waals surface area contributed by atoms with Gasteiger partial charge < -0.3 is 15.1 Å². The van der Waals surface area contributed by atoms with E-state index in [9.17, 15) is 9.59 Å². The number of hydrogen-bond donors (Lipinski definition) is 2. The zero-order valence-corrected chi connectivity index (χ0v) is 14.5. The van der Waals surface area contributed by atoms with Crippen molar-refractivity contribution in [3.8, 4) is 0 Å². The Morgan fingerprint density at radius 1 is 1.00 bits per heavy atom. The third-order valence-corrected chi connectivity index (χ3v) is 3.83. The van der Waals surface area contributed by atoms with E-state index < -0.39 is 11.9 Å². The molecule has 0 spiro atoms. The summed E-state index contributed by atoms with van der Waals surface area (Å²) in [5, 5.41) is 5.58. The van der Waals surface area contributed by atoms with Crippen LogP contribution in [0.15, 0.2) is 47.1 Å². The largest absolute Gasteiger partial charge is 0.459 e. The third-order valence-electron chi connectivity index (χ3n) is 3.83. The van der Waals surface area contributed by atoms with Crippen LogP contribution in [-0.4, -0.2) is 17.9 Å². The maximum absolute atomic E-state index is 12.5. The summed E-state index contributed by atoms with van der Waals surface area (Å²) in [4.78, 5) is 24.6. The molecule has 2 N–H and O–H groups in total. The summed E-state index contributed by atoms with van der Waals surface area (Å²) in [7, 11) is 0. The molecule has 0 fully saturated rings. The topological polar surface area (TPSA) is 71.3 Å². The minimum absolute atomic E-state index is 0.0566. The van der Waals surface area contributed by atoms with Gasteiger partial charge in [-0.15, -0.1) is 0 Å². The highest BCUT2D eigenvalue weighted by Crippen LogP contribution is 2.18. The second-order valence-electron chi connectivity index (χ2n) is 6.44. The van der Waals surface area contributed by atoms with E-state index in [2.05, 4.69) is 24.5 Å². The summed E-state index contributed by atoms with van der Waals surface area (Å²) in [5.41, 5.74) is 1.92. The second-order valence-corrected chi connectivity index (χ2v) is 6.44. The molecule has 5 heteroatoms. The van der Waals surface area contributed by atoms with Crippen LogP contribution in [0, 0.1) is 5.92 Å². The van der Waals surface area contributed by atoms with Gasteiger partial charge >= 0.3 is 0 Å². The zero-order chi connectivity index (χ0) is 17.7. The van der Waals surface area contributed by atoms with Gasteiger partial charge in [0.25, 0.3) is 5.91 Å². The summed E-state index contributed by atoms with van der Waals surface area (Å²) in [6.45, 7) is 8.00. The molecule has 1 atom stereocenters. The standard InChI is InChI=1S/C19H24N2O3/c1-12(2)14-7-9-15(10-8-14)20-19(23)17(13(3)4)21-18(22)16-6-5-11-24-16/h5-13,17H,1-4H3,(H,20,23)(H,21,22)/t17-/m0/s1. The number of furan rings is 1. The van der Waals surface area contributed by atoms with Crippen LogP contribution in [0.25, 0.3) is 0 Å². The van der Waals surface area contributed by atoms with Crippen molar-refractivity contribution in [2.45, 2.75) is 39.7 Å². The lowest BCUT2D eigenvalue weighted by atomic mass is 10.0. The zero-order valence-electron chi connectivity index (χ0n) is 14.5. The minimum Gasteiger partial charge on any atom is -0.459 e. The Morgan fingerprint density at radius 2 is 1.67 bits per heavy atom. The average molecular weight is 328 g/mol. The molecule has 2 rings (SSSR count). The van der Waals surface area contributed by atoms with E-state index in [0.29, 0.717) is 11.6 Å². The van der Waals surface area contributed by atoms with Crippen LogP contribution >= 0.6 is 0 Å². The van der Waals surface area contributed by atoms with Crippen molar-refractivity contribution in [1.29, 1.82) is 0 Å². The van der Waals surface area contributed by atoms with Gasteiger partial charge in [0.2, 0.25) is 5.91 Å². The van der Waals surface area contributed by atoms with E-state index in [4.69, 9.17) is 4.42 Å². The molecule has 0 aliphatic heterocycles. The van der Waals surface area contributed by atoms with Crippen molar-refractivity contribution >= 4 is 17.5 Å². The van der Waals surface area contributed by atoms with Crippen LogP contribution in [0.2, 0.25) is 0 Å². The molecule has 24 heavy (non-hydrogen) atoms. The molecule has 2 aromatic rings. The third kappa shape index (κ3) is 4.47. The molecule has 1 aromatic heterocycles. The number of nitrogens with one attached hydrogen (secondary N) is 2. The first-order chi connectivity index (χ1) is 11.4. The molecule has 0 saturated heterocycles. The highest BCUT2D eigenvalue weighted by atomic mass is 16.3. The average Bonchev–Trinajstić information content (AvgIpc) is 3.07. The van der Waals surface area contributed by atoms with E-state index in [0.717, 1.165) is 0 Å². The molecule has 0 aliphatic rings. The monoisotopic (exact) mass is 328 g/mol. The molecule has 2 amide bonds. The molecule has 0 radical (unpaired) electrons. The Balaban J connectivity index is 2.04. The lowest BCUT2D eigenvalue weighted by molar-refractivity contribution is -0.118. The number of carbonyl (C=O) groups excluding carboxylic acids is 2. The van der Waals surface area contributed by atoms with Crippen molar-refractivity contribution in [3.63, 3.8) is 0 Å². The van der Waals surface area contributed by atoms with E-state index >= 15 is 0 Å². The van der Waals surface area contributed by atoms with E-state index in [1.807, 2.05) is 38.1 Å². The van der Waals surface area contributed by atoms with Crippen molar-refractivity contribution in [3.05, 3.63) is 54.0 Å². The van der Waals surface area contributed by atoms with Crippen LogP contribution in [-0.2, 0) is 4.79 Å². The lowest BCUT2D eigenvalue weighted by Crippen LogP contribution is -2.47. The Kier molecular flexibility index (Phi) is 5.79. The van der Waals surface area contributed by atoms with Crippen LogP contribution in [0.5, 0.6) is 0 Å². The van der Waals surface area contributed by atoms with E-state index in [1.54, 1.807) is 12.1 Å². The van der Waals surface area contributed by atoms with Gasteiger partial charge in [-0.1, -0.05) is 39.8 Å². The van der Waals surface area contributed by atoms with Gasteiger partial charge in [-0.2, -0.15) is 0 Å². The highest BCUT2D eigenvalue weighted by Gasteiger charge is 2.25. The predicted molar refractivity (Wildman–Crippen MR) is 94.0 cm³/mol. The summed E-state index contributed by atoms with van der Waals surface area (Å²) in [6.07, 6.45) is 1.43. The molecule has 0 saturated carbocycles. The van der Waals surface area contributed by atoms with Gasteiger partial charge in [0.1, 0.15) is 6.04 Å². The van der Waals surface area contributed by atoms with Gasteiger partial charge in [0.15, 0.2) is 5.76 Å². The van der Waals surface area contributed by atoms with Crippen molar-refractivity contribution in [1.82, 2.24) is 5.32 Å². The number of anilines is 1. The predicted octanol–water partition coefficient (Wildman–Crippen LogP) is 3.80. The van der Waals surface area contributed by atoms with Gasteiger partial charge in [0.05, 0.1) is 6.26 Å². The van der Waals surface area contributed by atoms with Crippen LogP contribution in [0.4, 0.5) is 5.69 Å². The molecule has 5 nitrogen and oxygen atoms in total. The number of benzene rings is 1. The number of carbonyl (C=O) groups is 2. The fourth-order valence-electron chi connectivity index (χ4n) is 2.33. The van der Waals surface area contributed by atoms with Crippen molar-refractivity contribution in [2.75, 3.05) is 5.32 Å². The molecule has 1 aromatic carbocycles. The Morgan fingerprint density at radius 3 is 2.17 bits per heavy atom. The second kappa shape index (κ2) is 7.81. The normalized spacial score (nSPS) is 12.2. The highest BCUT2D eigenvalue weighted by molar-refractivity contribution is 6.00. The van der Waals surface area contributed by atoms with Gasteiger partial charge in [-0.25, -0.2) is 0 Å². The molecule has 0 unspecified atom stereocenters. The fraction of sp³-hybridized carbons (Fsp3) is 0.368. The van der Waals surface area contributed by atoms with Gasteiger partial charge in [0, 0.05) is 5.69 Å². The molecule has 128 valence electrons. The van der Waals surface area contributed by atoms with E-state index in [1.165, 1.54) is 11.8 Å². The lowest BCUT2D eigenvalue weighted by Gasteiger charge is -2.21. The van der Waals surface area contributed by atoms with E-state index in [-0.39, 0.29) is 17.6 Å². The number of amides is 2. The summed E-state index contributed by atoms with van der Waals surface area (Å²) in [6, 6.07) is 10.3. The maximum Gasteiger partial charge on any atom is 0.287 e. The summed E-state index contributed by atoms with van der Waals surface area (Å²) >= 11 is 0. The smallest absolute Gasteiger partial charge is 0.287 e. The molecular weight excluding hydrogens is 304 g/mol. The quantitative estimate of drug-likeness (QED) is 0.847. The summed E-state index contributed by atoms with van der Waals surface area (Å²) < 4.78 is 5.07. The van der Waals surface area contributed by atoms with Crippen molar-refractivity contribution < 1.29 is 14.0 Å². The van der Waals surface area contributed by atoms with Crippen LogP contribution < -0.4 is 10.6 Å².